The molecule has 2 heterocycles. The molecule has 0 spiro atoms. The quantitative estimate of drug-likeness (QED) is 0.650. The zero-order valence-corrected chi connectivity index (χ0v) is 16.2. The summed E-state index contributed by atoms with van der Waals surface area (Å²) in [7, 11) is -1.65. The number of aromatic amines is 1. The van der Waals surface area contributed by atoms with E-state index in [-0.39, 0.29) is 16.3 Å². The van der Waals surface area contributed by atoms with E-state index in [1.807, 2.05) is 0 Å². The lowest BCUT2D eigenvalue weighted by atomic mass is 10.1. The number of aromatic nitrogens is 2. The number of benzene rings is 1. The van der Waals surface area contributed by atoms with E-state index in [0.717, 1.165) is 5.56 Å². The van der Waals surface area contributed by atoms with Crippen LogP contribution in [0.4, 0.5) is 0 Å². The summed E-state index contributed by atoms with van der Waals surface area (Å²) in [6.45, 7) is 4.83. The minimum Gasteiger partial charge on any atom is -0.361 e. The van der Waals surface area contributed by atoms with Crippen molar-refractivity contribution in [1.29, 1.82) is 0 Å². The van der Waals surface area contributed by atoms with Crippen LogP contribution >= 0.6 is 15.9 Å². The fourth-order valence-corrected chi connectivity index (χ4v) is 4.34. The number of aryl methyl sites for hydroxylation is 2. The number of halogens is 1. The van der Waals surface area contributed by atoms with Gasteiger partial charge < -0.3 is 9.51 Å². The van der Waals surface area contributed by atoms with Gasteiger partial charge in [-0.25, -0.2) is 0 Å². The van der Waals surface area contributed by atoms with Crippen LogP contribution in [0.5, 0.6) is 0 Å². The highest BCUT2D eigenvalue weighted by molar-refractivity contribution is 9.10. The van der Waals surface area contributed by atoms with Crippen LogP contribution in [0.15, 0.2) is 37.0 Å². The van der Waals surface area contributed by atoms with Gasteiger partial charge in [0.15, 0.2) is 5.78 Å². The van der Waals surface area contributed by atoms with Crippen LogP contribution in [0.2, 0.25) is 0 Å². The summed E-state index contributed by atoms with van der Waals surface area (Å²) in [6.07, 6.45) is 0. The van der Waals surface area contributed by atoms with E-state index in [1.54, 1.807) is 32.0 Å². The maximum atomic E-state index is 12.9. The molecule has 0 aliphatic heterocycles. The second-order valence-corrected chi connectivity index (χ2v) is 7.99. The normalized spacial score (nSPS) is 12.5. The highest BCUT2D eigenvalue weighted by atomic mass is 79.9. The molecule has 25 heavy (non-hydrogen) atoms. The molecule has 1 aromatic carbocycles. The highest BCUT2D eigenvalue weighted by Crippen LogP contribution is 2.26. The molecule has 0 saturated heterocycles. The minimum atomic E-state index is -1.65. The number of hydrogen-bond acceptors (Lipinski definition) is 5. The van der Waals surface area contributed by atoms with Gasteiger partial charge in [0, 0.05) is 10.5 Å². The van der Waals surface area contributed by atoms with Crippen molar-refractivity contribution in [3.05, 3.63) is 55.5 Å². The average molecular weight is 423 g/mol. The molecule has 1 N–H and O–H groups in total. The van der Waals surface area contributed by atoms with E-state index < -0.39 is 22.0 Å². The molecule has 0 radical (unpaired) electrons. The van der Waals surface area contributed by atoms with Crippen molar-refractivity contribution in [2.75, 3.05) is 0 Å². The third-order valence-corrected chi connectivity index (χ3v) is 5.80. The molecule has 3 aromatic rings. The average Bonchev–Trinajstić information content (AvgIpc) is 2.94. The van der Waals surface area contributed by atoms with Gasteiger partial charge in [-0.05, 0) is 48.3 Å². The molecule has 3 rings (SSSR count). The van der Waals surface area contributed by atoms with Crippen LogP contribution in [0.25, 0.3) is 10.9 Å². The monoisotopic (exact) mass is 422 g/mol. The molecule has 0 aliphatic carbocycles. The van der Waals surface area contributed by atoms with Crippen molar-refractivity contribution in [2.24, 2.45) is 0 Å². The number of pyridine rings is 1. The maximum absolute atomic E-state index is 12.9. The Morgan fingerprint density at radius 3 is 2.68 bits per heavy atom. The van der Waals surface area contributed by atoms with E-state index in [1.165, 1.54) is 6.92 Å². The lowest BCUT2D eigenvalue weighted by Crippen LogP contribution is -2.20. The minimum absolute atomic E-state index is 0.0441. The number of rotatable bonds is 4. The van der Waals surface area contributed by atoms with Crippen LogP contribution in [-0.2, 0) is 16.6 Å². The molecule has 2 aromatic heterocycles. The van der Waals surface area contributed by atoms with E-state index in [4.69, 9.17) is 4.52 Å². The third-order valence-electron chi connectivity index (χ3n) is 3.82. The molecular weight excluding hydrogens is 408 g/mol. The topological polar surface area (TPSA) is 93.0 Å². The van der Waals surface area contributed by atoms with Crippen LogP contribution in [0, 0.1) is 13.8 Å². The molecule has 1 atom stereocenters. The molecular formula is C17H15BrN2O4S. The van der Waals surface area contributed by atoms with Crippen LogP contribution in [-0.4, -0.2) is 20.1 Å². The number of H-pyrrole nitrogens is 1. The first-order valence-electron chi connectivity index (χ1n) is 7.46. The van der Waals surface area contributed by atoms with Gasteiger partial charge in [-0.2, -0.15) is 0 Å². The summed E-state index contributed by atoms with van der Waals surface area (Å²) in [5.74, 6) is 0.217. The van der Waals surface area contributed by atoms with Crippen molar-refractivity contribution in [3.63, 3.8) is 0 Å². The summed E-state index contributed by atoms with van der Waals surface area (Å²) in [5, 5.41) is 4.34. The molecule has 130 valence electrons. The number of carbonyl (C=O) groups is 1. The Morgan fingerprint density at radius 1 is 1.36 bits per heavy atom. The Balaban J connectivity index is 2.24. The zero-order valence-electron chi connectivity index (χ0n) is 13.8. The summed E-state index contributed by atoms with van der Waals surface area (Å²) >= 11 is 3.40. The number of nitrogens with one attached hydrogen (secondary N) is 1. The lowest BCUT2D eigenvalue weighted by molar-refractivity contribution is 0.101. The Hall–Kier alpha value is -2.06. The van der Waals surface area contributed by atoms with Crippen molar-refractivity contribution >= 4 is 43.4 Å². The van der Waals surface area contributed by atoms with Crippen molar-refractivity contribution in [3.8, 4) is 0 Å². The van der Waals surface area contributed by atoms with Crippen molar-refractivity contribution in [1.82, 2.24) is 10.1 Å². The molecule has 0 bridgehead atoms. The summed E-state index contributed by atoms with van der Waals surface area (Å²) in [5.41, 5.74) is 1.27. The number of carbonyl (C=O) groups excluding carboxylic acids is 1. The maximum Gasteiger partial charge on any atom is 0.201 e. The fraction of sp³-hybridized carbons (Fsp3) is 0.235. The van der Waals surface area contributed by atoms with Crippen molar-refractivity contribution < 1.29 is 13.5 Å². The zero-order chi connectivity index (χ0) is 18.3. The second-order valence-electron chi connectivity index (χ2n) is 5.75. The van der Waals surface area contributed by atoms with Gasteiger partial charge in [-0.1, -0.05) is 11.2 Å². The van der Waals surface area contributed by atoms with E-state index in [9.17, 15) is 13.8 Å². The van der Waals surface area contributed by atoms with Crippen LogP contribution < -0.4 is 5.43 Å². The molecule has 0 amide bonds. The summed E-state index contributed by atoms with van der Waals surface area (Å²) in [6, 6.07) is 5.26. The highest BCUT2D eigenvalue weighted by Gasteiger charge is 2.22. The Bertz CT molecular complexity index is 1080. The van der Waals surface area contributed by atoms with Gasteiger partial charge >= 0.3 is 0 Å². The largest absolute Gasteiger partial charge is 0.361 e. The smallest absolute Gasteiger partial charge is 0.201 e. The van der Waals surface area contributed by atoms with Gasteiger partial charge in [-0.3, -0.25) is 13.8 Å². The number of nitrogens with zero attached hydrogens (tertiary/aromatic N) is 1. The SMILES string of the molecule is CC(=O)c1c(S(=O)Cc2cc(C)on2)[nH]c2c(Br)ccc(C)c2c1=O. The van der Waals surface area contributed by atoms with Gasteiger partial charge in [-0.15, -0.1) is 0 Å². The van der Waals surface area contributed by atoms with Gasteiger partial charge in [0.05, 0.1) is 38.7 Å². The first-order chi connectivity index (χ1) is 11.8. The Morgan fingerprint density at radius 2 is 2.08 bits per heavy atom. The molecule has 0 saturated carbocycles. The Kier molecular flexibility index (Phi) is 4.75. The lowest BCUT2D eigenvalue weighted by Gasteiger charge is -2.11. The standard InChI is InChI=1S/C17H15BrN2O4S/c1-8-4-5-12(18)15-13(8)16(22)14(10(3)21)17(19-15)25(23)7-11-6-9(2)24-20-11/h4-6H,7H2,1-3H3,(H,19,22). The number of fused-ring (bicyclic) bond motifs is 1. The predicted molar refractivity (Wildman–Crippen MR) is 98.4 cm³/mol. The molecule has 1 unspecified atom stereocenters. The van der Waals surface area contributed by atoms with Crippen LogP contribution in [0.1, 0.15) is 34.3 Å². The van der Waals surface area contributed by atoms with E-state index >= 15 is 0 Å². The number of hydrogen-bond donors (Lipinski definition) is 1. The third kappa shape index (κ3) is 3.23. The van der Waals surface area contributed by atoms with Crippen LogP contribution in [0.3, 0.4) is 0 Å². The van der Waals surface area contributed by atoms with Gasteiger partial charge in [0.2, 0.25) is 5.43 Å². The summed E-state index contributed by atoms with van der Waals surface area (Å²) in [4.78, 5) is 28.0. The number of Topliss-reactive ketones (excluding diaryl/α,β-unsaturated/α-hetero) is 1. The number of ketones is 1. The Labute approximate surface area is 154 Å². The summed E-state index contributed by atoms with van der Waals surface area (Å²) < 4.78 is 18.5. The predicted octanol–water partition coefficient (Wildman–Crippen LogP) is 3.41. The molecule has 0 aliphatic rings. The molecule has 8 heteroatoms. The van der Waals surface area contributed by atoms with Gasteiger partial charge in [0.25, 0.3) is 0 Å². The first kappa shape index (κ1) is 17.8. The van der Waals surface area contributed by atoms with E-state index in [0.29, 0.717) is 26.8 Å². The fourth-order valence-electron chi connectivity index (χ4n) is 2.68. The van der Waals surface area contributed by atoms with Gasteiger partial charge in [0.1, 0.15) is 10.8 Å². The van der Waals surface area contributed by atoms with E-state index in [2.05, 4.69) is 26.1 Å². The molecule has 6 nitrogen and oxygen atoms in total. The van der Waals surface area contributed by atoms with Crippen molar-refractivity contribution in [2.45, 2.75) is 31.6 Å². The first-order valence-corrected chi connectivity index (χ1v) is 9.57. The second kappa shape index (κ2) is 6.68. The molecule has 0 fully saturated rings.